The molecule has 94 valence electrons. The van der Waals surface area contributed by atoms with Crippen LogP contribution < -0.4 is 0 Å². The molecule has 0 saturated heterocycles. The highest BCUT2D eigenvalue weighted by Gasteiger charge is 2.44. The summed E-state index contributed by atoms with van der Waals surface area (Å²) in [5.41, 5.74) is 0. The summed E-state index contributed by atoms with van der Waals surface area (Å²) in [6, 6.07) is 11.0. The number of benzene rings is 1. The smallest absolute Gasteiger partial charge is 0.0630 e. The van der Waals surface area contributed by atoms with Gasteiger partial charge in [0.25, 0.3) is 0 Å². The van der Waals surface area contributed by atoms with Crippen LogP contribution in [0.1, 0.15) is 32.1 Å². The van der Waals surface area contributed by atoms with Crippen molar-refractivity contribution in [1.82, 2.24) is 0 Å². The van der Waals surface area contributed by atoms with E-state index in [4.69, 9.17) is 0 Å². The van der Waals surface area contributed by atoms with Crippen LogP contribution in [0.3, 0.4) is 0 Å². The van der Waals surface area contributed by atoms with Crippen molar-refractivity contribution in [3.8, 4) is 0 Å². The van der Waals surface area contributed by atoms with Gasteiger partial charge in [-0.1, -0.05) is 57.1 Å². The molecule has 1 aromatic rings. The molecule has 0 spiro atoms. The average molecular weight is 265 g/mol. The van der Waals surface area contributed by atoms with Gasteiger partial charge in [0.1, 0.15) is 0 Å². The molecule has 0 N–H and O–H groups in total. The summed E-state index contributed by atoms with van der Waals surface area (Å²) in [6.45, 7) is 7.65. The second-order valence-corrected chi connectivity index (χ2v) is 13.5. The van der Waals surface area contributed by atoms with E-state index in [9.17, 15) is 0 Å². The van der Waals surface area contributed by atoms with Crippen molar-refractivity contribution in [2.75, 3.05) is 0 Å². The van der Waals surface area contributed by atoms with Crippen LogP contribution in [0.2, 0.25) is 19.6 Å². The molecule has 1 saturated carbocycles. The molecule has 0 atom stereocenters. The van der Waals surface area contributed by atoms with Crippen molar-refractivity contribution in [1.29, 1.82) is 0 Å². The van der Waals surface area contributed by atoms with Crippen LogP contribution in [0, 0.1) is 0 Å². The van der Waals surface area contributed by atoms with E-state index >= 15 is 0 Å². The van der Waals surface area contributed by atoms with E-state index in [1.165, 1.54) is 37.0 Å². The maximum atomic E-state index is 2.55. The summed E-state index contributed by atoms with van der Waals surface area (Å²) in [5.74, 6) is 0. The first-order chi connectivity index (χ1) is 8.04. The number of hydrogen-bond donors (Lipinski definition) is 0. The second-order valence-electron chi connectivity index (χ2n) is 6.22. The van der Waals surface area contributed by atoms with Crippen molar-refractivity contribution >= 4 is 19.8 Å². The van der Waals surface area contributed by atoms with Crippen LogP contribution >= 0.6 is 11.8 Å². The third kappa shape index (κ3) is 2.97. The first-order valence-electron chi connectivity index (χ1n) is 6.78. The molecule has 0 nitrogen and oxygen atoms in total. The molecule has 0 radical (unpaired) electrons. The Morgan fingerprint density at radius 2 is 1.53 bits per heavy atom. The van der Waals surface area contributed by atoms with Crippen molar-refractivity contribution in [2.45, 2.75) is 61.0 Å². The topological polar surface area (TPSA) is 0 Å². The summed E-state index contributed by atoms with van der Waals surface area (Å²) >= 11 is 2.18. The maximum absolute atomic E-state index is 2.55. The molecule has 1 aromatic carbocycles. The molecular formula is C15H24SSi. The Kier molecular flexibility index (Phi) is 4.04. The Balaban J connectivity index is 2.22. The van der Waals surface area contributed by atoms with Gasteiger partial charge in [-0.2, -0.15) is 0 Å². The molecule has 2 rings (SSSR count). The zero-order chi connectivity index (χ0) is 12.4. The van der Waals surface area contributed by atoms with Crippen LogP contribution in [-0.4, -0.2) is 12.4 Å². The van der Waals surface area contributed by atoms with Crippen molar-refractivity contribution in [3.63, 3.8) is 0 Å². The Labute approximate surface area is 111 Å². The first-order valence-corrected chi connectivity index (χ1v) is 11.1. The van der Waals surface area contributed by atoms with Gasteiger partial charge in [-0.25, -0.2) is 0 Å². The van der Waals surface area contributed by atoms with Gasteiger partial charge in [-0.05, 0) is 25.0 Å². The summed E-state index contributed by atoms with van der Waals surface area (Å²) in [4.78, 5) is 1.47. The molecule has 1 aliphatic rings. The van der Waals surface area contributed by atoms with Gasteiger partial charge < -0.3 is 0 Å². The Hall–Kier alpha value is -0.213. The number of thioether (sulfide) groups is 1. The Morgan fingerprint density at radius 3 is 2.06 bits per heavy atom. The Morgan fingerprint density at radius 1 is 0.941 bits per heavy atom. The maximum Gasteiger partial charge on any atom is 0.0630 e. The molecule has 0 unspecified atom stereocenters. The van der Waals surface area contributed by atoms with Crippen LogP contribution in [0.5, 0.6) is 0 Å². The fourth-order valence-electron chi connectivity index (χ4n) is 2.84. The molecule has 0 aliphatic heterocycles. The van der Waals surface area contributed by atoms with E-state index in [0.29, 0.717) is 4.37 Å². The summed E-state index contributed by atoms with van der Waals surface area (Å²) in [6.07, 6.45) is 7.18. The summed E-state index contributed by atoms with van der Waals surface area (Å²) < 4.78 is 0.576. The predicted octanol–water partition coefficient (Wildman–Crippen LogP) is 5.36. The van der Waals surface area contributed by atoms with Gasteiger partial charge in [0.2, 0.25) is 0 Å². The predicted molar refractivity (Wildman–Crippen MR) is 81.5 cm³/mol. The van der Waals surface area contributed by atoms with Crippen LogP contribution in [-0.2, 0) is 0 Å². The highest BCUT2D eigenvalue weighted by Crippen LogP contribution is 2.49. The van der Waals surface area contributed by atoms with E-state index < -0.39 is 8.07 Å². The van der Waals surface area contributed by atoms with E-state index in [0.717, 1.165) is 0 Å². The standard InChI is InChI=1S/C15H24SSi/c1-17(2,3)15(12-8-5-9-13-15)16-14-10-6-4-7-11-14/h4,6-7,10-11H,5,8-9,12-13H2,1-3H3. The SMILES string of the molecule is C[Si](C)(C)C1(Sc2ccccc2)CCCCC1. The molecule has 0 heterocycles. The lowest BCUT2D eigenvalue weighted by Gasteiger charge is -2.46. The normalized spacial score (nSPS) is 20.2. The average Bonchev–Trinajstić information content (AvgIpc) is 2.30. The third-order valence-electron chi connectivity index (χ3n) is 4.08. The highest BCUT2D eigenvalue weighted by atomic mass is 32.2. The summed E-state index contributed by atoms with van der Waals surface area (Å²) in [5, 5.41) is 0. The van der Waals surface area contributed by atoms with Crippen molar-refractivity contribution < 1.29 is 0 Å². The molecule has 1 aliphatic carbocycles. The Bertz CT molecular complexity index is 347. The molecule has 0 amide bonds. The van der Waals surface area contributed by atoms with Gasteiger partial charge in [0.05, 0.1) is 8.07 Å². The molecule has 0 bridgehead atoms. The minimum Gasteiger partial charge on any atom is -0.123 e. The fourth-order valence-corrected chi connectivity index (χ4v) is 7.51. The van der Waals surface area contributed by atoms with Crippen LogP contribution in [0.25, 0.3) is 0 Å². The molecule has 17 heavy (non-hydrogen) atoms. The van der Waals surface area contributed by atoms with Gasteiger partial charge in [-0.3, -0.25) is 0 Å². The molecule has 0 aromatic heterocycles. The van der Waals surface area contributed by atoms with E-state index in [1.807, 2.05) is 0 Å². The van der Waals surface area contributed by atoms with Crippen LogP contribution in [0.15, 0.2) is 35.2 Å². The third-order valence-corrected chi connectivity index (χ3v) is 10.8. The molecule has 1 fully saturated rings. The van der Waals surface area contributed by atoms with Gasteiger partial charge >= 0.3 is 0 Å². The lowest BCUT2D eigenvalue weighted by molar-refractivity contribution is 0.471. The highest BCUT2D eigenvalue weighted by molar-refractivity contribution is 8.02. The van der Waals surface area contributed by atoms with Gasteiger partial charge in [0, 0.05) is 9.27 Å². The van der Waals surface area contributed by atoms with E-state index in [2.05, 4.69) is 61.7 Å². The fraction of sp³-hybridized carbons (Fsp3) is 0.600. The van der Waals surface area contributed by atoms with Gasteiger partial charge in [0.15, 0.2) is 0 Å². The quantitative estimate of drug-likeness (QED) is 0.662. The minimum absolute atomic E-state index is 0.576. The second kappa shape index (κ2) is 5.19. The van der Waals surface area contributed by atoms with Gasteiger partial charge in [-0.15, -0.1) is 11.8 Å². The largest absolute Gasteiger partial charge is 0.123 e. The monoisotopic (exact) mass is 264 g/mol. The van der Waals surface area contributed by atoms with E-state index in [-0.39, 0.29) is 0 Å². The molecule has 2 heteroatoms. The summed E-state index contributed by atoms with van der Waals surface area (Å²) in [7, 11) is -1.13. The first kappa shape index (κ1) is 13.2. The number of hydrogen-bond acceptors (Lipinski definition) is 1. The lowest BCUT2D eigenvalue weighted by atomic mass is 9.99. The number of rotatable bonds is 3. The minimum atomic E-state index is -1.13. The van der Waals surface area contributed by atoms with Crippen molar-refractivity contribution in [3.05, 3.63) is 30.3 Å². The zero-order valence-corrected chi connectivity index (χ0v) is 13.1. The van der Waals surface area contributed by atoms with E-state index in [1.54, 1.807) is 0 Å². The zero-order valence-electron chi connectivity index (χ0n) is 11.3. The van der Waals surface area contributed by atoms with Crippen LogP contribution in [0.4, 0.5) is 0 Å². The van der Waals surface area contributed by atoms with Crippen molar-refractivity contribution in [2.24, 2.45) is 0 Å². The molecular weight excluding hydrogens is 240 g/mol. The lowest BCUT2D eigenvalue weighted by Crippen LogP contribution is -2.50.